The zero-order chi connectivity index (χ0) is 19.9. The number of aliphatic imine (C=N–C) groups is 1. The van der Waals surface area contributed by atoms with Gasteiger partial charge in [0.2, 0.25) is 0 Å². The number of rotatable bonds is 6. The lowest BCUT2D eigenvalue weighted by Crippen LogP contribution is -2.49. The SMILES string of the molecule is CN=C(NCc1ccc(OCC(F)(F)F)cc1)NC1CCN(C(C)C)CC1. The van der Waals surface area contributed by atoms with Crippen LogP contribution in [-0.4, -0.2) is 55.9 Å². The van der Waals surface area contributed by atoms with Crippen LogP contribution < -0.4 is 15.4 Å². The van der Waals surface area contributed by atoms with E-state index in [1.54, 1.807) is 31.3 Å². The Morgan fingerprint density at radius 3 is 2.37 bits per heavy atom. The fourth-order valence-corrected chi connectivity index (χ4v) is 3.00. The quantitative estimate of drug-likeness (QED) is 0.583. The Balaban J connectivity index is 1.76. The molecule has 0 bridgehead atoms. The van der Waals surface area contributed by atoms with E-state index in [1.807, 2.05) is 0 Å². The minimum atomic E-state index is -4.33. The average molecular weight is 386 g/mol. The summed E-state index contributed by atoms with van der Waals surface area (Å²) >= 11 is 0. The second-order valence-corrected chi connectivity index (χ2v) is 7.02. The standard InChI is InChI=1S/C19H29F3N4O/c1-14(2)26-10-8-16(9-11-26)25-18(23-3)24-12-15-4-6-17(7-5-15)27-13-19(20,21)22/h4-7,14,16H,8-13H2,1-3H3,(H2,23,24,25). The molecule has 0 amide bonds. The van der Waals surface area contributed by atoms with Gasteiger partial charge in [0.25, 0.3) is 0 Å². The monoisotopic (exact) mass is 386 g/mol. The molecule has 27 heavy (non-hydrogen) atoms. The summed E-state index contributed by atoms with van der Waals surface area (Å²) in [6.07, 6.45) is -2.18. The van der Waals surface area contributed by atoms with Crippen LogP contribution in [0.2, 0.25) is 0 Å². The predicted molar refractivity (Wildman–Crippen MR) is 101 cm³/mol. The molecule has 2 rings (SSSR count). The van der Waals surface area contributed by atoms with Crippen LogP contribution in [0.1, 0.15) is 32.3 Å². The molecule has 5 nitrogen and oxygen atoms in total. The number of likely N-dealkylation sites (tertiary alicyclic amines) is 1. The van der Waals surface area contributed by atoms with E-state index in [0.717, 1.165) is 37.5 Å². The normalized spacial score (nSPS) is 17.2. The minimum Gasteiger partial charge on any atom is -0.484 e. The van der Waals surface area contributed by atoms with Gasteiger partial charge in [0.05, 0.1) is 0 Å². The molecular weight excluding hydrogens is 357 g/mol. The second-order valence-electron chi connectivity index (χ2n) is 7.02. The van der Waals surface area contributed by atoms with E-state index in [9.17, 15) is 13.2 Å². The van der Waals surface area contributed by atoms with E-state index in [2.05, 4.69) is 34.4 Å². The summed E-state index contributed by atoms with van der Waals surface area (Å²) in [5.74, 6) is 0.936. The molecule has 1 saturated heterocycles. The van der Waals surface area contributed by atoms with E-state index in [4.69, 9.17) is 4.74 Å². The number of piperidine rings is 1. The molecule has 0 unspecified atom stereocenters. The molecule has 0 aromatic heterocycles. The summed E-state index contributed by atoms with van der Waals surface area (Å²) in [5, 5.41) is 6.69. The summed E-state index contributed by atoms with van der Waals surface area (Å²) < 4.78 is 41.2. The van der Waals surface area contributed by atoms with Crippen LogP contribution in [0.3, 0.4) is 0 Å². The van der Waals surface area contributed by atoms with Gasteiger partial charge < -0.3 is 20.3 Å². The van der Waals surface area contributed by atoms with Gasteiger partial charge in [-0.05, 0) is 44.4 Å². The molecule has 1 aliphatic heterocycles. The van der Waals surface area contributed by atoms with Crippen molar-refractivity contribution in [2.24, 2.45) is 4.99 Å². The zero-order valence-corrected chi connectivity index (χ0v) is 16.1. The van der Waals surface area contributed by atoms with Gasteiger partial charge in [-0.3, -0.25) is 4.99 Å². The molecule has 0 saturated carbocycles. The molecule has 1 aromatic carbocycles. The molecule has 2 N–H and O–H groups in total. The first kappa shape index (κ1) is 21.3. The highest BCUT2D eigenvalue weighted by atomic mass is 19.4. The van der Waals surface area contributed by atoms with Crippen molar-refractivity contribution in [1.29, 1.82) is 0 Å². The summed E-state index contributed by atoms with van der Waals surface area (Å²) in [7, 11) is 1.73. The van der Waals surface area contributed by atoms with Gasteiger partial charge >= 0.3 is 6.18 Å². The molecule has 0 radical (unpaired) electrons. The van der Waals surface area contributed by atoms with Gasteiger partial charge in [-0.25, -0.2) is 0 Å². The number of halogens is 3. The number of nitrogens with one attached hydrogen (secondary N) is 2. The summed E-state index contributed by atoms with van der Waals surface area (Å²) in [6.45, 7) is 5.83. The zero-order valence-electron chi connectivity index (χ0n) is 16.1. The summed E-state index contributed by atoms with van der Waals surface area (Å²) in [4.78, 5) is 6.73. The van der Waals surface area contributed by atoms with Crippen LogP contribution >= 0.6 is 0 Å². The van der Waals surface area contributed by atoms with Crippen LogP contribution in [0.4, 0.5) is 13.2 Å². The molecule has 0 aliphatic carbocycles. The van der Waals surface area contributed by atoms with Gasteiger partial charge in [-0.1, -0.05) is 12.1 Å². The van der Waals surface area contributed by atoms with E-state index in [-0.39, 0.29) is 5.75 Å². The Kier molecular flexibility index (Phi) is 7.77. The van der Waals surface area contributed by atoms with Crippen molar-refractivity contribution in [3.8, 4) is 5.75 Å². The summed E-state index contributed by atoms with van der Waals surface area (Å²) in [5.41, 5.74) is 0.937. The maximum atomic E-state index is 12.2. The third-order valence-electron chi connectivity index (χ3n) is 4.61. The molecule has 1 aliphatic rings. The van der Waals surface area contributed by atoms with Crippen molar-refractivity contribution in [3.05, 3.63) is 29.8 Å². The maximum Gasteiger partial charge on any atom is 0.422 e. The predicted octanol–water partition coefficient (Wildman–Crippen LogP) is 3.17. The molecule has 1 fully saturated rings. The molecule has 152 valence electrons. The number of hydrogen-bond acceptors (Lipinski definition) is 3. The van der Waals surface area contributed by atoms with Crippen molar-refractivity contribution >= 4 is 5.96 Å². The molecule has 8 heteroatoms. The van der Waals surface area contributed by atoms with Crippen molar-refractivity contribution in [3.63, 3.8) is 0 Å². The first-order chi connectivity index (χ1) is 12.8. The fourth-order valence-electron chi connectivity index (χ4n) is 3.00. The third-order valence-corrected chi connectivity index (χ3v) is 4.61. The number of guanidine groups is 1. The van der Waals surface area contributed by atoms with Crippen molar-refractivity contribution in [2.45, 2.75) is 51.5 Å². The molecule has 0 spiro atoms. The average Bonchev–Trinajstić information content (AvgIpc) is 2.64. The second kappa shape index (κ2) is 9.82. The number of hydrogen-bond donors (Lipinski definition) is 2. The third kappa shape index (κ3) is 7.66. The molecule has 1 heterocycles. The lowest BCUT2D eigenvalue weighted by molar-refractivity contribution is -0.153. The molecular formula is C19H29F3N4O. The number of benzene rings is 1. The number of ether oxygens (including phenoxy) is 1. The summed E-state index contributed by atoms with van der Waals surface area (Å²) in [6, 6.07) is 7.54. The highest BCUT2D eigenvalue weighted by Crippen LogP contribution is 2.19. The number of nitrogens with zero attached hydrogens (tertiary/aromatic N) is 2. The smallest absolute Gasteiger partial charge is 0.422 e. The lowest BCUT2D eigenvalue weighted by atomic mass is 10.0. The van der Waals surface area contributed by atoms with Crippen LogP contribution in [0.25, 0.3) is 0 Å². The van der Waals surface area contributed by atoms with Crippen LogP contribution in [0.15, 0.2) is 29.3 Å². The van der Waals surface area contributed by atoms with Gasteiger partial charge in [-0.2, -0.15) is 13.2 Å². The maximum absolute atomic E-state index is 12.2. The van der Waals surface area contributed by atoms with Gasteiger partial charge in [0.1, 0.15) is 5.75 Å². The fraction of sp³-hybridized carbons (Fsp3) is 0.632. The number of alkyl halides is 3. The highest BCUT2D eigenvalue weighted by molar-refractivity contribution is 5.79. The largest absolute Gasteiger partial charge is 0.484 e. The van der Waals surface area contributed by atoms with Crippen molar-refractivity contribution < 1.29 is 17.9 Å². The highest BCUT2D eigenvalue weighted by Gasteiger charge is 2.28. The first-order valence-corrected chi connectivity index (χ1v) is 9.26. The van der Waals surface area contributed by atoms with Crippen LogP contribution in [0, 0.1) is 0 Å². The topological polar surface area (TPSA) is 48.9 Å². The minimum absolute atomic E-state index is 0.204. The lowest BCUT2D eigenvalue weighted by Gasteiger charge is -2.35. The van der Waals surface area contributed by atoms with E-state index in [0.29, 0.717) is 18.6 Å². The van der Waals surface area contributed by atoms with Gasteiger partial charge in [0.15, 0.2) is 12.6 Å². The molecule has 0 atom stereocenters. The van der Waals surface area contributed by atoms with Crippen LogP contribution in [-0.2, 0) is 6.54 Å². The Labute approximate surface area is 159 Å². The van der Waals surface area contributed by atoms with Crippen molar-refractivity contribution in [1.82, 2.24) is 15.5 Å². The Bertz CT molecular complexity index is 594. The van der Waals surface area contributed by atoms with E-state index in [1.165, 1.54) is 0 Å². The van der Waals surface area contributed by atoms with E-state index >= 15 is 0 Å². The Hall–Kier alpha value is -1.96. The van der Waals surface area contributed by atoms with Crippen molar-refractivity contribution in [2.75, 3.05) is 26.7 Å². The Morgan fingerprint density at radius 2 is 1.85 bits per heavy atom. The van der Waals surface area contributed by atoms with Gasteiger partial charge in [0, 0.05) is 38.8 Å². The van der Waals surface area contributed by atoms with E-state index < -0.39 is 12.8 Å². The van der Waals surface area contributed by atoms with Crippen LogP contribution in [0.5, 0.6) is 5.75 Å². The Morgan fingerprint density at radius 1 is 1.22 bits per heavy atom. The first-order valence-electron chi connectivity index (χ1n) is 9.26. The van der Waals surface area contributed by atoms with Gasteiger partial charge in [-0.15, -0.1) is 0 Å². The molecule has 1 aromatic rings.